The molecule has 2 nitrogen and oxygen atoms in total. The van der Waals surface area contributed by atoms with Crippen molar-refractivity contribution in [2.24, 2.45) is 0 Å². The summed E-state index contributed by atoms with van der Waals surface area (Å²) >= 11 is 3.25. The van der Waals surface area contributed by atoms with E-state index in [1.54, 1.807) is 22.7 Å². The van der Waals surface area contributed by atoms with Gasteiger partial charge in [-0.3, -0.25) is 0 Å². The number of para-hydroxylation sites is 1. The van der Waals surface area contributed by atoms with Crippen molar-refractivity contribution < 1.29 is 0 Å². The molecular formula is C18H10N2S2. The van der Waals surface area contributed by atoms with Crippen molar-refractivity contribution in [2.45, 2.75) is 0 Å². The topological polar surface area (TPSA) is 36.7 Å². The van der Waals surface area contributed by atoms with Gasteiger partial charge in [-0.25, -0.2) is 4.98 Å². The fourth-order valence-electron chi connectivity index (χ4n) is 2.39. The third kappa shape index (κ3) is 2.21. The summed E-state index contributed by atoms with van der Waals surface area (Å²) in [6.45, 7) is 0. The molecule has 4 aromatic rings. The predicted molar refractivity (Wildman–Crippen MR) is 94.9 cm³/mol. The van der Waals surface area contributed by atoms with E-state index in [4.69, 9.17) is 0 Å². The molecule has 4 heteroatoms. The number of nitriles is 1. The van der Waals surface area contributed by atoms with Gasteiger partial charge in [0.25, 0.3) is 0 Å². The molecule has 0 aliphatic carbocycles. The smallest absolute Gasteiger partial charge is 0.135 e. The van der Waals surface area contributed by atoms with Gasteiger partial charge in [0, 0.05) is 4.70 Å². The van der Waals surface area contributed by atoms with Crippen LogP contribution in [0.4, 0.5) is 0 Å². The third-order valence-electron chi connectivity index (χ3n) is 3.46. The van der Waals surface area contributed by atoms with Gasteiger partial charge >= 0.3 is 0 Å². The molecule has 104 valence electrons. The second-order valence-electron chi connectivity index (χ2n) is 4.84. The Morgan fingerprint density at radius 1 is 1.05 bits per heavy atom. The van der Waals surface area contributed by atoms with Crippen molar-refractivity contribution in [1.29, 1.82) is 5.26 Å². The average Bonchev–Trinajstić information content (AvgIpc) is 3.16. The maximum Gasteiger partial charge on any atom is 0.135 e. The summed E-state index contributed by atoms with van der Waals surface area (Å²) in [5.74, 6) is 0. The number of allylic oxidation sites excluding steroid dienone is 1. The molecule has 4 rings (SSSR count). The first-order valence-corrected chi connectivity index (χ1v) is 8.49. The molecule has 22 heavy (non-hydrogen) atoms. The van der Waals surface area contributed by atoms with Crippen molar-refractivity contribution in [3.8, 4) is 6.07 Å². The van der Waals surface area contributed by atoms with Crippen molar-refractivity contribution in [3.63, 3.8) is 0 Å². The highest BCUT2D eigenvalue weighted by Gasteiger charge is 2.10. The molecule has 0 saturated carbocycles. The Balaban J connectivity index is 1.86. The van der Waals surface area contributed by atoms with Gasteiger partial charge in [0.05, 0.1) is 15.8 Å². The van der Waals surface area contributed by atoms with Crippen LogP contribution in [0.5, 0.6) is 0 Å². The summed E-state index contributed by atoms with van der Waals surface area (Å²) in [5.41, 5.74) is 2.64. The van der Waals surface area contributed by atoms with E-state index in [0.717, 1.165) is 20.8 Å². The number of aromatic nitrogens is 1. The van der Waals surface area contributed by atoms with Gasteiger partial charge in [0.2, 0.25) is 0 Å². The monoisotopic (exact) mass is 318 g/mol. The zero-order valence-electron chi connectivity index (χ0n) is 11.5. The molecule has 0 unspecified atom stereocenters. The molecule has 0 atom stereocenters. The summed E-state index contributed by atoms with van der Waals surface area (Å²) in [5, 5.41) is 13.6. The quantitative estimate of drug-likeness (QED) is 0.453. The van der Waals surface area contributed by atoms with Crippen LogP contribution < -0.4 is 0 Å². The van der Waals surface area contributed by atoms with Gasteiger partial charge in [-0.05, 0) is 40.6 Å². The van der Waals surface area contributed by atoms with E-state index in [9.17, 15) is 5.26 Å². The molecule has 0 radical (unpaired) electrons. The minimum absolute atomic E-state index is 0.616. The lowest BCUT2D eigenvalue weighted by molar-refractivity contribution is 1.44. The highest BCUT2D eigenvalue weighted by molar-refractivity contribution is 7.19. The standard InChI is InChI=1S/C18H10N2S2/c19-10-12(18-20-15-6-2-4-8-17(15)22-18)9-13-11-21-16-7-3-1-5-14(13)16/h1-9,11H. The second kappa shape index (κ2) is 5.38. The number of benzene rings is 2. The molecule has 2 aromatic heterocycles. The minimum Gasteiger partial charge on any atom is -0.235 e. The van der Waals surface area contributed by atoms with E-state index >= 15 is 0 Å². The molecule has 0 bridgehead atoms. The Morgan fingerprint density at radius 2 is 1.82 bits per heavy atom. The maximum atomic E-state index is 9.53. The van der Waals surface area contributed by atoms with Crippen molar-refractivity contribution in [3.05, 3.63) is 64.5 Å². The Morgan fingerprint density at radius 3 is 2.64 bits per heavy atom. The van der Waals surface area contributed by atoms with Gasteiger partial charge in [-0.2, -0.15) is 5.26 Å². The highest BCUT2D eigenvalue weighted by Crippen LogP contribution is 2.31. The van der Waals surface area contributed by atoms with Crippen LogP contribution >= 0.6 is 22.7 Å². The lowest BCUT2D eigenvalue weighted by Crippen LogP contribution is -1.79. The van der Waals surface area contributed by atoms with Gasteiger partial charge in [-0.1, -0.05) is 30.3 Å². The zero-order valence-corrected chi connectivity index (χ0v) is 13.1. The first-order chi connectivity index (χ1) is 10.8. The maximum absolute atomic E-state index is 9.53. The van der Waals surface area contributed by atoms with Crippen LogP contribution in [0, 0.1) is 11.3 Å². The number of thiophene rings is 1. The van der Waals surface area contributed by atoms with Gasteiger partial charge < -0.3 is 0 Å². The normalized spacial score (nSPS) is 11.9. The summed E-state index contributed by atoms with van der Waals surface area (Å²) in [6, 6.07) is 18.5. The summed E-state index contributed by atoms with van der Waals surface area (Å²) in [6.07, 6.45) is 1.94. The molecule has 2 aromatic carbocycles. The Labute approximate surface area is 135 Å². The molecule has 0 N–H and O–H groups in total. The van der Waals surface area contributed by atoms with Gasteiger partial charge in [0.15, 0.2) is 0 Å². The van der Waals surface area contributed by atoms with Crippen molar-refractivity contribution in [2.75, 3.05) is 0 Å². The predicted octanol–water partition coefficient (Wildman–Crippen LogP) is 5.58. The molecular weight excluding hydrogens is 308 g/mol. The minimum atomic E-state index is 0.616. The van der Waals surface area contributed by atoms with Crippen LogP contribution in [0.15, 0.2) is 53.9 Å². The van der Waals surface area contributed by atoms with Gasteiger partial charge in [-0.15, -0.1) is 22.7 Å². The molecule has 2 heterocycles. The number of nitrogens with zero attached hydrogens (tertiary/aromatic N) is 2. The number of hydrogen-bond acceptors (Lipinski definition) is 4. The number of rotatable bonds is 2. The molecule has 0 aliphatic heterocycles. The Hall–Kier alpha value is -2.48. The lowest BCUT2D eigenvalue weighted by Gasteiger charge is -1.94. The number of hydrogen-bond donors (Lipinski definition) is 0. The first-order valence-electron chi connectivity index (χ1n) is 6.79. The number of fused-ring (bicyclic) bond motifs is 2. The van der Waals surface area contributed by atoms with Crippen LogP contribution in [-0.2, 0) is 0 Å². The highest BCUT2D eigenvalue weighted by atomic mass is 32.1. The summed E-state index contributed by atoms with van der Waals surface area (Å²) in [7, 11) is 0. The lowest BCUT2D eigenvalue weighted by atomic mass is 10.1. The van der Waals surface area contributed by atoms with Crippen LogP contribution in [0.2, 0.25) is 0 Å². The molecule has 0 amide bonds. The van der Waals surface area contributed by atoms with E-state index in [1.807, 2.05) is 42.5 Å². The molecule has 0 aliphatic rings. The SMILES string of the molecule is N#CC(=Cc1csc2ccccc12)c1nc2ccccc2s1. The van der Waals surface area contributed by atoms with E-state index < -0.39 is 0 Å². The van der Waals surface area contributed by atoms with E-state index in [2.05, 4.69) is 28.6 Å². The van der Waals surface area contributed by atoms with Crippen LogP contribution in [0.1, 0.15) is 10.6 Å². The zero-order chi connectivity index (χ0) is 14.9. The molecule has 0 spiro atoms. The largest absolute Gasteiger partial charge is 0.235 e. The second-order valence-corrected chi connectivity index (χ2v) is 6.79. The fourth-order valence-corrected chi connectivity index (χ4v) is 4.25. The fraction of sp³-hybridized carbons (Fsp3) is 0. The Bertz CT molecular complexity index is 1010. The average molecular weight is 318 g/mol. The van der Waals surface area contributed by atoms with Crippen molar-refractivity contribution in [1.82, 2.24) is 4.98 Å². The molecule has 0 saturated heterocycles. The number of thiazole rings is 1. The third-order valence-corrected chi connectivity index (χ3v) is 5.51. The first kappa shape index (κ1) is 13.2. The van der Waals surface area contributed by atoms with E-state index in [-0.39, 0.29) is 0 Å². The van der Waals surface area contributed by atoms with Gasteiger partial charge in [0.1, 0.15) is 11.1 Å². The van der Waals surface area contributed by atoms with E-state index in [1.165, 1.54) is 10.1 Å². The molecule has 0 fully saturated rings. The summed E-state index contributed by atoms with van der Waals surface area (Å²) < 4.78 is 2.34. The van der Waals surface area contributed by atoms with Crippen LogP contribution in [0.3, 0.4) is 0 Å². The van der Waals surface area contributed by atoms with Crippen LogP contribution in [0.25, 0.3) is 32.0 Å². The van der Waals surface area contributed by atoms with E-state index in [0.29, 0.717) is 5.57 Å². The van der Waals surface area contributed by atoms with Crippen molar-refractivity contribution >= 4 is 54.6 Å². The Kier molecular flexibility index (Phi) is 3.23. The van der Waals surface area contributed by atoms with Crippen LogP contribution in [-0.4, -0.2) is 4.98 Å². The summed E-state index contributed by atoms with van der Waals surface area (Å²) in [4.78, 5) is 4.58.